The molecule has 0 fully saturated rings. The molecule has 0 aromatic carbocycles. The summed E-state index contributed by atoms with van der Waals surface area (Å²) in [6, 6.07) is 2.69. The molecule has 0 atom stereocenters. The third-order valence-corrected chi connectivity index (χ3v) is 4.30. The van der Waals surface area contributed by atoms with Gasteiger partial charge in [0, 0.05) is 6.42 Å². The highest BCUT2D eigenvalue weighted by molar-refractivity contribution is 5.71. The zero-order chi connectivity index (χ0) is 18.3. The molecule has 0 saturated heterocycles. The van der Waals surface area contributed by atoms with Gasteiger partial charge in [-0.2, -0.15) is 0 Å². The Morgan fingerprint density at radius 1 is 0.880 bits per heavy atom. The molecular formula is C19H32N2O4. The summed E-state index contributed by atoms with van der Waals surface area (Å²) in [5.74, 6) is -0.120. The second-order valence-electron chi connectivity index (χ2n) is 6.59. The molecule has 0 unspecified atom stereocenters. The number of hydrogen-bond acceptors (Lipinski definition) is 4. The van der Waals surface area contributed by atoms with Crippen LogP contribution in [0, 0.1) is 15.3 Å². The first kappa shape index (κ1) is 21.2. The third-order valence-electron chi connectivity index (χ3n) is 4.30. The Bertz CT molecular complexity index is 511. The molecule has 25 heavy (non-hydrogen) atoms. The van der Waals surface area contributed by atoms with Crippen LogP contribution < -0.4 is 0 Å². The Balaban J connectivity index is 1.98. The molecule has 0 aliphatic heterocycles. The number of rotatable bonds is 15. The molecule has 0 N–H and O–H groups in total. The van der Waals surface area contributed by atoms with Crippen molar-refractivity contribution in [2.45, 2.75) is 84.0 Å². The lowest BCUT2D eigenvalue weighted by molar-refractivity contribution is -0.453. The first-order valence-corrected chi connectivity index (χ1v) is 9.66. The molecule has 0 radical (unpaired) electrons. The van der Waals surface area contributed by atoms with E-state index in [0.29, 0.717) is 6.54 Å². The maximum absolute atomic E-state index is 11.7. The lowest BCUT2D eigenvalue weighted by Crippen LogP contribution is -2.07. The molecule has 1 aromatic heterocycles. The summed E-state index contributed by atoms with van der Waals surface area (Å²) in [5.41, 5.74) is 0. The Labute approximate surface area is 150 Å². The van der Waals surface area contributed by atoms with Crippen molar-refractivity contribution in [3.63, 3.8) is 0 Å². The molecule has 1 rings (SSSR count). The van der Waals surface area contributed by atoms with Crippen LogP contribution in [0.3, 0.4) is 0 Å². The minimum atomic E-state index is -0.613. The van der Waals surface area contributed by atoms with E-state index in [-0.39, 0.29) is 11.6 Å². The van der Waals surface area contributed by atoms with E-state index in [0.717, 1.165) is 24.0 Å². The molecule has 0 amide bonds. The minimum absolute atomic E-state index is 0.223. The number of hydroxylamine groups is 1. The highest BCUT2D eigenvalue weighted by Crippen LogP contribution is 2.14. The lowest BCUT2D eigenvalue weighted by Gasteiger charge is -2.04. The predicted molar refractivity (Wildman–Crippen MR) is 100 cm³/mol. The van der Waals surface area contributed by atoms with Gasteiger partial charge in [-0.15, -0.1) is 0 Å². The van der Waals surface area contributed by atoms with E-state index in [9.17, 15) is 15.3 Å². The summed E-state index contributed by atoms with van der Waals surface area (Å²) in [6.07, 6.45) is 16.3. The standard InChI is InChI=1S/C19H32N2O4/c1-2-3-4-5-6-7-8-9-10-11-12-13-16-20(22)17-18-14-15-19(25-18)21(23)24/h14-15,17H,2-13,16H2,1H3/b20-17-. The fraction of sp³-hybridized carbons (Fsp3) is 0.737. The second kappa shape index (κ2) is 13.4. The van der Waals surface area contributed by atoms with Crippen LogP contribution >= 0.6 is 0 Å². The quantitative estimate of drug-likeness (QED) is 0.0994. The van der Waals surface area contributed by atoms with Crippen LogP contribution in [-0.2, 0) is 0 Å². The van der Waals surface area contributed by atoms with Gasteiger partial charge in [0.2, 0.25) is 6.21 Å². The second-order valence-corrected chi connectivity index (χ2v) is 6.59. The van der Waals surface area contributed by atoms with Gasteiger partial charge in [0.25, 0.3) is 0 Å². The Hall–Kier alpha value is -1.85. The molecule has 0 spiro atoms. The highest BCUT2D eigenvalue weighted by atomic mass is 16.6. The smallest absolute Gasteiger partial charge is 0.433 e. The van der Waals surface area contributed by atoms with Gasteiger partial charge in [0.1, 0.15) is 4.92 Å². The van der Waals surface area contributed by atoms with Gasteiger partial charge in [-0.05, 0) is 12.5 Å². The maximum Gasteiger partial charge on any atom is 0.433 e. The first-order valence-electron chi connectivity index (χ1n) is 9.66. The third kappa shape index (κ3) is 10.6. The Morgan fingerprint density at radius 2 is 1.40 bits per heavy atom. The zero-order valence-corrected chi connectivity index (χ0v) is 15.5. The summed E-state index contributed by atoms with van der Waals surface area (Å²) in [6.45, 7) is 2.64. The summed E-state index contributed by atoms with van der Waals surface area (Å²) in [4.78, 5) is 9.89. The number of furan rings is 1. The monoisotopic (exact) mass is 352 g/mol. The first-order chi connectivity index (χ1) is 12.1. The molecular weight excluding hydrogens is 320 g/mol. The van der Waals surface area contributed by atoms with E-state index < -0.39 is 4.92 Å². The zero-order valence-electron chi connectivity index (χ0n) is 15.5. The normalized spacial score (nSPS) is 11.8. The Kier molecular flexibility index (Phi) is 11.4. The number of nitrogens with zero attached hydrogens (tertiary/aromatic N) is 2. The van der Waals surface area contributed by atoms with Crippen molar-refractivity contribution in [3.8, 4) is 0 Å². The number of hydrogen-bond donors (Lipinski definition) is 0. The largest absolute Gasteiger partial charge is 0.624 e. The fourth-order valence-corrected chi connectivity index (χ4v) is 2.82. The average molecular weight is 352 g/mol. The van der Waals surface area contributed by atoms with Crippen LogP contribution in [-0.4, -0.2) is 22.4 Å². The van der Waals surface area contributed by atoms with E-state index in [1.165, 1.54) is 76.1 Å². The molecule has 1 heterocycles. The Morgan fingerprint density at radius 3 is 1.88 bits per heavy atom. The van der Waals surface area contributed by atoms with Gasteiger partial charge in [-0.3, -0.25) is 10.1 Å². The van der Waals surface area contributed by atoms with E-state index in [4.69, 9.17) is 4.42 Å². The van der Waals surface area contributed by atoms with Gasteiger partial charge in [0.15, 0.2) is 12.3 Å². The molecule has 6 nitrogen and oxygen atoms in total. The van der Waals surface area contributed by atoms with Crippen molar-refractivity contribution in [2.24, 2.45) is 0 Å². The molecule has 1 aromatic rings. The maximum atomic E-state index is 11.7. The molecule has 0 bridgehead atoms. The van der Waals surface area contributed by atoms with Crippen molar-refractivity contribution in [2.75, 3.05) is 6.54 Å². The summed E-state index contributed by atoms with van der Waals surface area (Å²) in [7, 11) is 0. The number of unbranched alkanes of at least 4 members (excludes halogenated alkanes) is 11. The van der Waals surface area contributed by atoms with Gasteiger partial charge in [-0.25, -0.2) is 4.74 Å². The van der Waals surface area contributed by atoms with Crippen LogP contribution in [0.5, 0.6) is 0 Å². The number of nitro groups is 1. The van der Waals surface area contributed by atoms with Crippen molar-refractivity contribution in [3.05, 3.63) is 33.2 Å². The SMILES string of the molecule is CCCCCCCCCCCCCC/[N+]([O-])=C/c1ccc([N+](=O)[O-])o1. The fourth-order valence-electron chi connectivity index (χ4n) is 2.82. The van der Waals surface area contributed by atoms with Crippen molar-refractivity contribution in [1.29, 1.82) is 0 Å². The average Bonchev–Trinajstić information content (AvgIpc) is 3.04. The van der Waals surface area contributed by atoms with Gasteiger partial charge in [-0.1, -0.05) is 71.1 Å². The van der Waals surface area contributed by atoms with Crippen LogP contribution in [0.15, 0.2) is 16.5 Å². The van der Waals surface area contributed by atoms with Gasteiger partial charge in [0.05, 0.1) is 6.07 Å². The topological polar surface area (TPSA) is 82.3 Å². The van der Waals surface area contributed by atoms with Crippen molar-refractivity contribution >= 4 is 12.1 Å². The summed E-state index contributed by atoms with van der Waals surface area (Å²) < 4.78 is 5.72. The van der Waals surface area contributed by atoms with Crippen LogP contribution in [0.4, 0.5) is 5.88 Å². The molecule has 6 heteroatoms. The molecule has 142 valence electrons. The molecule has 0 aliphatic rings. The minimum Gasteiger partial charge on any atom is -0.624 e. The van der Waals surface area contributed by atoms with Crippen LogP contribution in [0.2, 0.25) is 0 Å². The van der Waals surface area contributed by atoms with Crippen LogP contribution in [0.25, 0.3) is 0 Å². The van der Waals surface area contributed by atoms with Crippen molar-refractivity contribution in [1.82, 2.24) is 0 Å². The predicted octanol–water partition coefficient (Wildman–Crippen LogP) is 5.82. The van der Waals surface area contributed by atoms with E-state index >= 15 is 0 Å². The van der Waals surface area contributed by atoms with Gasteiger partial charge < -0.3 is 9.62 Å². The van der Waals surface area contributed by atoms with E-state index in [2.05, 4.69) is 6.92 Å². The van der Waals surface area contributed by atoms with Crippen LogP contribution in [0.1, 0.15) is 89.7 Å². The lowest BCUT2D eigenvalue weighted by atomic mass is 10.1. The summed E-state index contributed by atoms with van der Waals surface area (Å²) in [5, 5.41) is 22.2. The van der Waals surface area contributed by atoms with Gasteiger partial charge >= 0.3 is 5.88 Å². The van der Waals surface area contributed by atoms with E-state index in [1.807, 2.05) is 0 Å². The highest BCUT2D eigenvalue weighted by Gasteiger charge is 2.12. The van der Waals surface area contributed by atoms with E-state index in [1.54, 1.807) is 0 Å². The molecule has 0 aliphatic carbocycles. The van der Waals surface area contributed by atoms with Crippen molar-refractivity contribution < 1.29 is 14.1 Å². The summed E-state index contributed by atoms with van der Waals surface area (Å²) >= 11 is 0. The molecule has 0 saturated carbocycles.